The third-order valence-electron chi connectivity index (χ3n) is 6.57. The minimum atomic E-state index is 1.14. The molecule has 0 radical (unpaired) electrons. The van der Waals surface area contributed by atoms with Gasteiger partial charge in [-0.05, 0) is 65.3 Å². The number of benzene rings is 6. The van der Waals surface area contributed by atoms with Gasteiger partial charge in [0.1, 0.15) is 0 Å². The zero-order chi connectivity index (χ0) is 21.7. The normalized spacial score (nSPS) is 11.4. The molecule has 0 aliphatic heterocycles. The van der Waals surface area contributed by atoms with Gasteiger partial charge in [0.2, 0.25) is 0 Å². The summed E-state index contributed by atoms with van der Waals surface area (Å²) < 4.78 is 0. The molecule has 0 N–H and O–H groups in total. The summed E-state index contributed by atoms with van der Waals surface area (Å²) >= 11 is 0. The number of fused-ring (bicyclic) bond motifs is 6. The molecule has 0 amide bonds. The second-order valence-corrected chi connectivity index (χ2v) is 8.24. The summed E-state index contributed by atoms with van der Waals surface area (Å²) in [4.78, 5) is 0. The maximum Gasteiger partial charge on any atom is -0.00143 e. The van der Waals surface area contributed by atoms with Gasteiger partial charge in [0, 0.05) is 0 Å². The molecule has 0 bridgehead atoms. The lowest BCUT2D eigenvalue weighted by Gasteiger charge is -2.19. The molecule has 0 heterocycles. The molecule has 0 saturated heterocycles. The Hall–Kier alpha value is -4.16. The minimum Gasteiger partial charge on any atom is -0.0984 e. The van der Waals surface area contributed by atoms with Gasteiger partial charge in [-0.2, -0.15) is 0 Å². The van der Waals surface area contributed by atoms with Crippen LogP contribution in [0.25, 0.3) is 66.4 Å². The van der Waals surface area contributed by atoms with E-state index in [0.717, 1.165) is 11.1 Å². The van der Waals surface area contributed by atoms with Gasteiger partial charge in [-0.25, -0.2) is 0 Å². The van der Waals surface area contributed by atoms with Crippen LogP contribution in [0.4, 0.5) is 0 Å². The predicted octanol–water partition coefficient (Wildman–Crippen LogP) is 9.25. The standard InChI is InChI=1S/C32H22/c1-3-21-13-17-25-19-15-23-9-5-7-11-27(23)29(25)31(21)32-22(4-2)14-18-26-20-16-24-10-6-8-12-28(24)30(26)32/h3-20H,1-2H2. The first kappa shape index (κ1) is 18.6. The molecule has 0 aromatic heterocycles. The average molecular weight is 407 g/mol. The largest absolute Gasteiger partial charge is 0.0984 e. The predicted molar refractivity (Wildman–Crippen MR) is 142 cm³/mol. The Bertz CT molecular complexity index is 1570. The lowest BCUT2D eigenvalue weighted by molar-refractivity contribution is 1.65. The summed E-state index contributed by atoms with van der Waals surface area (Å²) in [6.45, 7) is 8.35. The van der Waals surface area contributed by atoms with Gasteiger partial charge >= 0.3 is 0 Å². The molecule has 0 aliphatic rings. The van der Waals surface area contributed by atoms with Crippen LogP contribution in [0.3, 0.4) is 0 Å². The minimum absolute atomic E-state index is 1.14. The van der Waals surface area contributed by atoms with Crippen LogP contribution in [0.15, 0.2) is 110 Å². The van der Waals surface area contributed by atoms with Gasteiger partial charge in [0.15, 0.2) is 0 Å². The molecule has 0 nitrogen and oxygen atoms in total. The molecule has 6 aromatic rings. The van der Waals surface area contributed by atoms with Crippen LogP contribution < -0.4 is 0 Å². The molecule has 32 heavy (non-hydrogen) atoms. The third kappa shape index (κ3) is 2.63. The summed E-state index contributed by atoms with van der Waals surface area (Å²) in [5.74, 6) is 0. The molecular weight excluding hydrogens is 384 g/mol. The molecular formula is C32H22. The second-order valence-electron chi connectivity index (χ2n) is 8.24. The monoisotopic (exact) mass is 406 g/mol. The van der Waals surface area contributed by atoms with E-state index in [4.69, 9.17) is 0 Å². The molecule has 150 valence electrons. The van der Waals surface area contributed by atoms with E-state index in [9.17, 15) is 0 Å². The van der Waals surface area contributed by atoms with Crippen LogP contribution in [0.1, 0.15) is 11.1 Å². The van der Waals surface area contributed by atoms with Crippen LogP contribution in [0, 0.1) is 0 Å². The van der Waals surface area contributed by atoms with Crippen molar-refractivity contribution in [3.05, 3.63) is 121 Å². The van der Waals surface area contributed by atoms with Crippen molar-refractivity contribution in [3.8, 4) is 11.1 Å². The highest BCUT2D eigenvalue weighted by atomic mass is 14.2. The fraction of sp³-hybridized carbons (Fsp3) is 0. The first-order valence-corrected chi connectivity index (χ1v) is 10.9. The molecule has 0 saturated carbocycles. The van der Waals surface area contributed by atoms with Crippen molar-refractivity contribution in [2.45, 2.75) is 0 Å². The Balaban J connectivity index is 1.94. The Kier molecular flexibility index (Phi) is 4.19. The highest BCUT2D eigenvalue weighted by molar-refractivity contribution is 6.23. The molecule has 6 rings (SSSR count). The maximum absolute atomic E-state index is 4.18. The fourth-order valence-electron chi connectivity index (χ4n) is 5.11. The average Bonchev–Trinajstić information content (AvgIpc) is 2.87. The van der Waals surface area contributed by atoms with Crippen LogP contribution in [0.2, 0.25) is 0 Å². The Morgan fingerprint density at radius 1 is 0.406 bits per heavy atom. The van der Waals surface area contributed by atoms with Crippen LogP contribution >= 0.6 is 0 Å². The Morgan fingerprint density at radius 3 is 1.22 bits per heavy atom. The smallest absolute Gasteiger partial charge is 0.00143 e. The van der Waals surface area contributed by atoms with E-state index >= 15 is 0 Å². The Labute approximate surface area is 187 Å². The highest BCUT2D eigenvalue weighted by Gasteiger charge is 2.18. The van der Waals surface area contributed by atoms with Crippen LogP contribution in [-0.2, 0) is 0 Å². The summed E-state index contributed by atoms with van der Waals surface area (Å²) in [7, 11) is 0. The van der Waals surface area contributed by atoms with Gasteiger partial charge in [-0.1, -0.05) is 122 Å². The number of rotatable bonds is 3. The first-order valence-electron chi connectivity index (χ1n) is 10.9. The summed E-state index contributed by atoms with van der Waals surface area (Å²) in [6.07, 6.45) is 3.96. The second kappa shape index (κ2) is 7.21. The summed E-state index contributed by atoms with van der Waals surface area (Å²) in [5.41, 5.74) is 4.73. The number of hydrogen-bond acceptors (Lipinski definition) is 0. The van der Waals surface area contributed by atoms with Crippen molar-refractivity contribution in [1.82, 2.24) is 0 Å². The van der Waals surface area contributed by atoms with Crippen molar-refractivity contribution in [2.75, 3.05) is 0 Å². The molecule has 0 fully saturated rings. The Morgan fingerprint density at radius 2 is 0.781 bits per heavy atom. The van der Waals surface area contributed by atoms with Crippen molar-refractivity contribution in [1.29, 1.82) is 0 Å². The van der Waals surface area contributed by atoms with Crippen LogP contribution in [-0.4, -0.2) is 0 Å². The summed E-state index contributed by atoms with van der Waals surface area (Å²) in [6, 6.07) is 35.0. The van der Waals surface area contributed by atoms with Crippen molar-refractivity contribution in [2.24, 2.45) is 0 Å². The van der Waals surface area contributed by atoms with E-state index in [1.807, 2.05) is 12.2 Å². The van der Waals surface area contributed by atoms with Crippen molar-refractivity contribution >= 4 is 55.2 Å². The molecule has 0 atom stereocenters. The lowest BCUT2D eigenvalue weighted by atomic mass is 9.84. The van der Waals surface area contributed by atoms with Gasteiger partial charge < -0.3 is 0 Å². The zero-order valence-corrected chi connectivity index (χ0v) is 17.8. The van der Waals surface area contributed by atoms with E-state index in [0.29, 0.717) is 0 Å². The van der Waals surface area contributed by atoms with Crippen molar-refractivity contribution in [3.63, 3.8) is 0 Å². The van der Waals surface area contributed by atoms with Crippen molar-refractivity contribution < 1.29 is 0 Å². The van der Waals surface area contributed by atoms with Gasteiger partial charge in [-0.3, -0.25) is 0 Å². The lowest BCUT2D eigenvalue weighted by Crippen LogP contribution is -1.93. The molecule has 0 spiro atoms. The maximum atomic E-state index is 4.18. The highest BCUT2D eigenvalue weighted by Crippen LogP contribution is 2.44. The van der Waals surface area contributed by atoms with E-state index in [1.165, 1.54) is 54.2 Å². The van der Waals surface area contributed by atoms with Crippen LogP contribution in [0.5, 0.6) is 0 Å². The van der Waals surface area contributed by atoms with E-state index in [2.05, 4.69) is 110 Å². The quantitative estimate of drug-likeness (QED) is 0.257. The molecule has 0 heteroatoms. The number of hydrogen-bond donors (Lipinski definition) is 0. The zero-order valence-electron chi connectivity index (χ0n) is 17.8. The SMILES string of the molecule is C=Cc1ccc2ccc3ccccc3c2c1-c1c(C=C)ccc2ccc3ccccc3c12. The molecule has 0 unspecified atom stereocenters. The van der Waals surface area contributed by atoms with Gasteiger partial charge in [0.05, 0.1) is 0 Å². The summed E-state index contributed by atoms with van der Waals surface area (Å²) in [5, 5.41) is 10.0. The van der Waals surface area contributed by atoms with E-state index in [1.54, 1.807) is 0 Å². The molecule has 0 aliphatic carbocycles. The first-order chi connectivity index (χ1) is 15.8. The van der Waals surface area contributed by atoms with E-state index < -0.39 is 0 Å². The molecule has 6 aromatic carbocycles. The van der Waals surface area contributed by atoms with Gasteiger partial charge in [0.25, 0.3) is 0 Å². The topological polar surface area (TPSA) is 0 Å². The third-order valence-corrected chi connectivity index (χ3v) is 6.57. The van der Waals surface area contributed by atoms with E-state index in [-0.39, 0.29) is 0 Å². The fourth-order valence-corrected chi connectivity index (χ4v) is 5.11. The van der Waals surface area contributed by atoms with Gasteiger partial charge in [-0.15, -0.1) is 0 Å².